The second-order valence-corrected chi connectivity index (χ2v) is 5.65. The van der Waals surface area contributed by atoms with Crippen molar-refractivity contribution in [3.8, 4) is 5.75 Å². The van der Waals surface area contributed by atoms with Crippen LogP contribution in [-0.2, 0) is 6.54 Å². The Balaban J connectivity index is 1.83. The number of benzene rings is 1. The molecule has 1 N–H and O–H groups in total. The fourth-order valence-corrected chi connectivity index (χ4v) is 2.58. The van der Waals surface area contributed by atoms with Crippen LogP contribution in [0.25, 0.3) is 0 Å². The Labute approximate surface area is 116 Å². The van der Waals surface area contributed by atoms with E-state index in [0.717, 1.165) is 12.3 Å². The molecular formula is C16H26N2O. The highest BCUT2D eigenvalue weighted by atomic mass is 16.5. The van der Waals surface area contributed by atoms with Crippen LogP contribution in [0, 0.1) is 0 Å². The fourth-order valence-electron chi connectivity index (χ4n) is 2.58. The minimum atomic E-state index is 0.242. The lowest BCUT2D eigenvalue weighted by Gasteiger charge is -2.31. The Morgan fingerprint density at radius 3 is 2.37 bits per heavy atom. The van der Waals surface area contributed by atoms with Gasteiger partial charge in [0.1, 0.15) is 5.75 Å². The van der Waals surface area contributed by atoms with Crippen LogP contribution in [0.2, 0.25) is 0 Å². The molecule has 0 saturated carbocycles. The molecule has 1 heterocycles. The number of ether oxygens (including phenoxy) is 1. The summed E-state index contributed by atoms with van der Waals surface area (Å²) < 4.78 is 5.67. The van der Waals surface area contributed by atoms with Crippen molar-refractivity contribution >= 4 is 0 Å². The van der Waals surface area contributed by atoms with Crippen molar-refractivity contribution in [2.24, 2.45) is 0 Å². The first-order valence-electron chi connectivity index (χ1n) is 7.32. The predicted octanol–water partition coefficient (Wildman–Crippen LogP) is 2.66. The van der Waals surface area contributed by atoms with Gasteiger partial charge in [-0.15, -0.1) is 0 Å². The molecular weight excluding hydrogens is 236 g/mol. The molecule has 0 bridgehead atoms. The predicted molar refractivity (Wildman–Crippen MR) is 79.6 cm³/mol. The third-order valence-electron chi connectivity index (χ3n) is 3.70. The van der Waals surface area contributed by atoms with Gasteiger partial charge in [-0.25, -0.2) is 0 Å². The van der Waals surface area contributed by atoms with Crippen LogP contribution < -0.4 is 10.1 Å². The third kappa shape index (κ3) is 4.51. The zero-order chi connectivity index (χ0) is 13.7. The summed E-state index contributed by atoms with van der Waals surface area (Å²) in [7, 11) is 2.06. The Kier molecular flexibility index (Phi) is 5.23. The van der Waals surface area contributed by atoms with E-state index in [1.807, 2.05) is 0 Å². The molecule has 0 radical (unpaired) electrons. The molecule has 19 heavy (non-hydrogen) atoms. The second-order valence-electron chi connectivity index (χ2n) is 5.65. The van der Waals surface area contributed by atoms with E-state index in [4.69, 9.17) is 4.74 Å². The van der Waals surface area contributed by atoms with E-state index in [1.54, 1.807) is 0 Å². The van der Waals surface area contributed by atoms with Crippen molar-refractivity contribution in [2.45, 2.75) is 45.4 Å². The zero-order valence-corrected chi connectivity index (χ0v) is 12.4. The first-order chi connectivity index (χ1) is 9.17. The smallest absolute Gasteiger partial charge is 0.119 e. The Hall–Kier alpha value is -1.06. The van der Waals surface area contributed by atoms with Gasteiger partial charge in [-0.3, -0.25) is 4.90 Å². The van der Waals surface area contributed by atoms with Crippen LogP contribution >= 0.6 is 0 Å². The molecule has 0 unspecified atom stereocenters. The van der Waals surface area contributed by atoms with Gasteiger partial charge in [0.05, 0.1) is 6.10 Å². The zero-order valence-electron chi connectivity index (χ0n) is 12.4. The van der Waals surface area contributed by atoms with E-state index in [-0.39, 0.29) is 6.10 Å². The third-order valence-corrected chi connectivity index (χ3v) is 3.70. The number of hydrogen-bond donors (Lipinski definition) is 1. The lowest BCUT2D eigenvalue weighted by molar-refractivity contribution is 0.194. The Bertz CT molecular complexity index is 367. The average Bonchev–Trinajstić information content (AvgIpc) is 2.41. The molecule has 1 aliphatic heterocycles. The van der Waals surface area contributed by atoms with E-state index in [0.29, 0.717) is 6.04 Å². The molecule has 0 atom stereocenters. The Morgan fingerprint density at radius 2 is 1.84 bits per heavy atom. The normalized spacial score (nSPS) is 17.9. The maximum atomic E-state index is 5.67. The average molecular weight is 262 g/mol. The molecule has 3 nitrogen and oxygen atoms in total. The first-order valence-corrected chi connectivity index (χ1v) is 7.32. The molecule has 0 aliphatic carbocycles. The SMILES string of the molecule is CNC1CCN(Cc2ccc(OC(C)C)cc2)CC1. The van der Waals surface area contributed by atoms with E-state index < -0.39 is 0 Å². The summed E-state index contributed by atoms with van der Waals surface area (Å²) in [6.07, 6.45) is 2.75. The lowest BCUT2D eigenvalue weighted by atomic mass is 10.0. The van der Waals surface area contributed by atoms with Gasteiger partial charge in [0.25, 0.3) is 0 Å². The molecule has 0 spiro atoms. The van der Waals surface area contributed by atoms with Crippen LogP contribution in [0.4, 0.5) is 0 Å². The summed E-state index contributed by atoms with van der Waals surface area (Å²) in [6.45, 7) is 7.55. The number of rotatable bonds is 5. The highest BCUT2D eigenvalue weighted by molar-refractivity contribution is 5.27. The summed E-state index contributed by atoms with van der Waals surface area (Å²) in [6, 6.07) is 9.23. The van der Waals surface area contributed by atoms with Gasteiger partial charge in [-0.05, 0) is 64.5 Å². The molecule has 106 valence electrons. The topological polar surface area (TPSA) is 24.5 Å². The molecule has 2 rings (SSSR count). The molecule has 1 saturated heterocycles. The molecule has 1 aromatic carbocycles. The van der Waals surface area contributed by atoms with Crippen molar-refractivity contribution in [2.75, 3.05) is 20.1 Å². The van der Waals surface area contributed by atoms with Gasteiger partial charge in [0, 0.05) is 12.6 Å². The number of nitrogens with zero attached hydrogens (tertiary/aromatic N) is 1. The minimum Gasteiger partial charge on any atom is -0.491 e. The summed E-state index contributed by atoms with van der Waals surface area (Å²) in [4.78, 5) is 2.53. The standard InChI is InChI=1S/C16H26N2O/c1-13(2)19-16-6-4-14(5-7-16)12-18-10-8-15(17-3)9-11-18/h4-7,13,15,17H,8-12H2,1-3H3. The highest BCUT2D eigenvalue weighted by Gasteiger charge is 2.17. The van der Waals surface area contributed by atoms with Gasteiger partial charge in [-0.1, -0.05) is 12.1 Å². The van der Waals surface area contributed by atoms with Crippen molar-refractivity contribution in [1.82, 2.24) is 10.2 Å². The van der Waals surface area contributed by atoms with E-state index in [2.05, 4.69) is 55.4 Å². The van der Waals surface area contributed by atoms with Crippen LogP contribution in [0.1, 0.15) is 32.3 Å². The van der Waals surface area contributed by atoms with Crippen LogP contribution in [0.5, 0.6) is 5.75 Å². The van der Waals surface area contributed by atoms with Gasteiger partial charge < -0.3 is 10.1 Å². The quantitative estimate of drug-likeness (QED) is 0.883. The van der Waals surface area contributed by atoms with Crippen LogP contribution in [-0.4, -0.2) is 37.2 Å². The highest BCUT2D eigenvalue weighted by Crippen LogP contribution is 2.17. The summed E-state index contributed by atoms with van der Waals surface area (Å²) in [5, 5.41) is 3.37. The molecule has 0 amide bonds. The molecule has 0 aromatic heterocycles. The van der Waals surface area contributed by atoms with Gasteiger partial charge in [0.15, 0.2) is 0 Å². The fraction of sp³-hybridized carbons (Fsp3) is 0.625. The summed E-state index contributed by atoms with van der Waals surface area (Å²) >= 11 is 0. The summed E-state index contributed by atoms with van der Waals surface area (Å²) in [5.41, 5.74) is 1.37. The molecule has 3 heteroatoms. The second kappa shape index (κ2) is 6.92. The monoisotopic (exact) mass is 262 g/mol. The number of nitrogens with one attached hydrogen (secondary N) is 1. The van der Waals surface area contributed by atoms with E-state index in [9.17, 15) is 0 Å². The lowest BCUT2D eigenvalue weighted by Crippen LogP contribution is -2.40. The molecule has 1 aliphatic rings. The molecule has 1 fully saturated rings. The van der Waals surface area contributed by atoms with Gasteiger partial charge in [-0.2, -0.15) is 0 Å². The maximum absolute atomic E-state index is 5.67. The van der Waals surface area contributed by atoms with Crippen molar-refractivity contribution in [3.05, 3.63) is 29.8 Å². The van der Waals surface area contributed by atoms with Gasteiger partial charge in [0.2, 0.25) is 0 Å². The molecule has 1 aromatic rings. The maximum Gasteiger partial charge on any atom is 0.119 e. The first kappa shape index (κ1) is 14.4. The number of likely N-dealkylation sites (tertiary alicyclic amines) is 1. The minimum absolute atomic E-state index is 0.242. The van der Waals surface area contributed by atoms with Crippen LogP contribution in [0.3, 0.4) is 0 Å². The van der Waals surface area contributed by atoms with Crippen molar-refractivity contribution in [3.63, 3.8) is 0 Å². The summed E-state index contributed by atoms with van der Waals surface area (Å²) in [5.74, 6) is 0.965. The van der Waals surface area contributed by atoms with E-state index in [1.165, 1.54) is 31.5 Å². The number of hydrogen-bond acceptors (Lipinski definition) is 3. The number of piperidine rings is 1. The van der Waals surface area contributed by atoms with Gasteiger partial charge >= 0.3 is 0 Å². The van der Waals surface area contributed by atoms with Crippen molar-refractivity contribution in [1.29, 1.82) is 0 Å². The largest absolute Gasteiger partial charge is 0.491 e. The Morgan fingerprint density at radius 1 is 1.21 bits per heavy atom. The van der Waals surface area contributed by atoms with Crippen LogP contribution in [0.15, 0.2) is 24.3 Å². The van der Waals surface area contributed by atoms with E-state index >= 15 is 0 Å². The van der Waals surface area contributed by atoms with Crippen molar-refractivity contribution < 1.29 is 4.74 Å².